The quantitative estimate of drug-likeness (QED) is 0.326. The Morgan fingerprint density at radius 1 is 0.424 bits per heavy atom. The minimum atomic E-state index is 0.0742. The van der Waals surface area contributed by atoms with E-state index in [1.807, 2.05) is 97.1 Å². The van der Waals surface area contributed by atoms with Crippen molar-refractivity contribution in [2.75, 3.05) is 0 Å². The molecule has 0 aliphatic heterocycles. The lowest BCUT2D eigenvalue weighted by Gasteiger charge is -2.13. The van der Waals surface area contributed by atoms with Crippen molar-refractivity contribution >= 4 is 28.1 Å². The molecule has 1 aliphatic carbocycles. The average molecular weight is 426 g/mol. The highest BCUT2D eigenvalue weighted by molar-refractivity contribution is 6.59. The summed E-state index contributed by atoms with van der Waals surface area (Å²) in [6.07, 6.45) is 1.50. The van der Waals surface area contributed by atoms with Gasteiger partial charge in [-0.2, -0.15) is 0 Å². The fourth-order valence-electron chi connectivity index (χ4n) is 4.15. The van der Waals surface area contributed by atoms with Crippen molar-refractivity contribution in [3.63, 3.8) is 0 Å². The van der Waals surface area contributed by atoms with Crippen LogP contribution in [-0.2, 0) is 4.79 Å². The van der Waals surface area contributed by atoms with Crippen molar-refractivity contribution in [3.05, 3.63) is 163 Å². The van der Waals surface area contributed by atoms with Gasteiger partial charge in [-0.05, 0) is 29.2 Å². The van der Waals surface area contributed by atoms with E-state index in [4.69, 9.17) is 0 Å². The van der Waals surface area contributed by atoms with Crippen LogP contribution in [0.4, 0.5) is 0 Å². The second-order valence-electron chi connectivity index (χ2n) is 7.58. The fourth-order valence-corrected chi connectivity index (χ4v) is 4.15. The molecule has 1 aliphatic rings. The lowest BCUT2D eigenvalue weighted by atomic mass is 9.89. The van der Waals surface area contributed by atoms with Gasteiger partial charge in [-0.15, -0.1) is 6.58 Å². The zero-order valence-electron chi connectivity index (χ0n) is 18.4. The summed E-state index contributed by atoms with van der Waals surface area (Å²) in [6.45, 7) is 6.50. The zero-order valence-corrected chi connectivity index (χ0v) is 18.4. The number of carbonyl (C=O) groups is 1. The molecule has 5 rings (SSSR count). The van der Waals surface area contributed by atoms with Crippen LogP contribution in [0.15, 0.2) is 134 Å². The molecule has 0 saturated carbocycles. The molecule has 4 aromatic rings. The third-order valence-electron chi connectivity index (χ3n) is 5.45. The number of hydrogen-bond donors (Lipinski definition) is 0. The van der Waals surface area contributed by atoms with E-state index in [2.05, 4.69) is 37.8 Å². The SMILES string of the molecule is O=C1C(c2ccccc2)=C(c2ccccc2)C(c2ccccc2)=C1c1ccccc1.[CH2]C=C. The summed E-state index contributed by atoms with van der Waals surface area (Å²) in [5.41, 5.74) is 7.51. The number of ketones is 1. The first-order valence-corrected chi connectivity index (χ1v) is 10.9. The van der Waals surface area contributed by atoms with Gasteiger partial charge in [-0.1, -0.05) is 127 Å². The largest absolute Gasteiger partial charge is 0.289 e. The monoisotopic (exact) mass is 425 g/mol. The van der Waals surface area contributed by atoms with Gasteiger partial charge in [0, 0.05) is 22.3 Å². The van der Waals surface area contributed by atoms with Crippen molar-refractivity contribution < 1.29 is 4.79 Å². The van der Waals surface area contributed by atoms with Gasteiger partial charge in [-0.25, -0.2) is 0 Å². The minimum Gasteiger partial charge on any atom is -0.289 e. The van der Waals surface area contributed by atoms with Gasteiger partial charge < -0.3 is 0 Å². The number of rotatable bonds is 4. The van der Waals surface area contributed by atoms with Gasteiger partial charge in [0.05, 0.1) is 0 Å². The lowest BCUT2D eigenvalue weighted by Crippen LogP contribution is -2.01. The summed E-state index contributed by atoms with van der Waals surface area (Å²) >= 11 is 0. The third-order valence-corrected chi connectivity index (χ3v) is 5.45. The number of benzene rings is 4. The molecule has 0 atom stereocenters. The second kappa shape index (κ2) is 10.4. The molecule has 1 radical (unpaired) electrons. The van der Waals surface area contributed by atoms with Gasteiger partial charge in [-0.3, -0.25) is 4.79 Å². The predicted molar refractivity (Wildman–Crippen MR) is 140 cm³/mol. The van der Waals surface area contributed by atoms with E-state index in [1.54, 1.807) is 0 Å². The van der Waals surface area contributed by atoms with E-state index in [0.29, 0.717) is 0 Å². The Kier molecular flexibility index (Phi) is 6.92. The van der Waals surface area contributed by atoms with E-state index in [9.17, 15) is 4.79 Å². The number of Topliss-reactive ketones (excluding diaryl/α,β-unsaturated/α-hetero) is 1. The average Bonchev–Trinajstić information content (AvgIpc) is 3.19. The van der Waals surface area contributed by atoms with E-state index >= 15 is 0 Å². The number of hydrogen-bond acceptors (Lipinski definition) is 1. The highest BCUT2D eigenvalue weighted by Gasteiger charge is 2.35. The Bertz CT molecular complexity index is 1200. The molecular formula is C32H25O. The Hall–Kier alpha value is -4.23. The topological polar surface area (TPSA) is 17.1 Å². The molecule has 1 nitrogen and oxygen atoms in total. The van der Waals surface area contributed by atoms with E-state index in [0.717, 1.165) is 44.5 Å². The summed E-state index contributed by atoms with van der Waals surface area (Å²) in [4.78, 5) is 14.0. The van der Waals surface area contributed by atoms with E-state index < -0.39 is 0 Å². The Morgan fingerprint density at radius 2 is 0.636 bits per heavy atom. The Labute approximate surface area is 196 Å². The van der Waals surface area contributed by atoms with Crippen LogP contribution >= 0.6 is 0 Å². The van der Waals surface area contributed by atoms with Crippen LogP contribution in [0.2, 0.25) is 0 Å². The van der Waals surface area contributed by atoms with Crippen LogP contribution in [0, 0.1) is 6.92 Å². The van der Waals surface area contributed by atoms with Crippen LogP contribution in [0.5, 0.6) is 0 Å². The summed E-state index contributed by atoms with van der Waals surface area (Å²) in [5.74, 6) is 0.0742. The maximum absolute atomic E-state index is 14.0. The second-order valence-corrected chi connectivity index (χ2v) is 7.58. The molecule has 0 unspecified atom stereocenters. The van der Waals surface area contributed by atoms with Gasteiger partial charge >= 0.3 is 0 Å². The van der Waals surface area contributed by atoms with Crippen LogP contribution in [0.3, 0.4) is 0 Å². The van der Waals surface area contributed by atoms with E-state index in [1.165, 1.54) is 6.08 Å². The van der Waals surface area contributed by atoms with Gasteiger partial charge in [0.25, 0.3) is 0 Å². The third kappa shape index (κ3) is 4.53. The summed E-state index contributed by atoms with van der Waals surface area (Å²) in [7, 11) is 0. The lowest BCUT2D eigenvalue weighted by molar-refractivity contribution is -0.108. The summed E-state index contributed by atoms with van der Waals surface area (Å²) in [6, 6.07) is 40.5. The van der Waals surface area contributed by atoms with Gasteiger partial charge in [0.1, 0.15) is 0 Å². The van der Waals surface area contributed by atoms with Crippen LogP contribution in [0.25, 0.3) is 22.3 Å². The maximum atomic E-state index is 14.0. The van der Waals surface area contributed by atoms with Crippen molar-refractivity contribution in [2.45, 2.75) is 0 Å². The van der Waals surface area contributed by atoms with Gasteiger partial charge in [0.15, 0.2) is 5.78 Å². The van der Waals surface area contributed by atoms with Crippen molar-refractivity contribution in [1.82, 2.24) is 0 Å². The van der Waals surface area contributed by atoms with Gasteiger partial charge in [0.2, 0.25) is 0 Å². The Morgan fingerprint density at radius 3 is 0.879 bits per heavy atom. The normalized spacial score (nSPS) is 12.9. The molecule has 0 N–H and O–H groups in total. The Balaban J connectivity index is 0.000000821. The first kappa shape index (κ1) is 22.0. The molecule has 1 heteroatoms. The van der Waals surface area contributed by atoms with Crippen molar-refractivity contribution in [2.24, 2.45) is 0 Å². The summed E-state index contributed by atoms with van der Waals surface area (Å²) < 4.78 is 0. The number of allylic oxidation sites excluding steroid dienone is 5. The predicted octanol–water partition coefficient (Wildman–Crippen LogP) is 7.80. The fraction of sp³-hybridized carbons (Fsp3) is 0. The standard InChI is InChI=1S/C29H20O.C3H5/c30-29-27(23-17-9-3-10-18-23)25(21-13-5-1-6-14-21)26(22-15-7-2-8-16-22)28(29)24-19-11-4-12-20-24;1-3-2/h1-20H;3H,1-2H2. The smallest absolute Gasteiger partial charge is 0.195 e. The van der Waals surface area contributed by atoms with Crippen LogP contribution < -0.4 is 0 Å². The molecule has 0 amide bonds. The molecule has 0 spiro atoms. The molecule has 4 aromatic carbocycles. The van der Waals surface area contributed by atoms with E-state index in [-0.39, 0.29) is 5.78 Å². The summed E-state index contributed by atoms with van der Waals surface area (Å²) in [5, 5.41) is 0. The highest BCUT2D eigenvalue weighted by atomic mass is 16.1. The molecule has 33 heavy (non-hydrogen) atoms. The molecule has 0 saturated heterocycles. The molecule has 0 fully saturated rings. The molecular weight excluding hydrogens is 400 g/mol. The molecule has 0 bridgehead atoms. The zero-order chi connectivity index (χ0) is 23.0. The molecule has 159 valence electrons. The van der Waals surface area contributed by atoms with Crippen LogP contribution in [0.1, 0.15) is 22.3 Å². The first-order valence-electron chi connectivity index (χ1n) is 10.9. The first-order chi connectivity index (χ1) is 16.3. The van der Waals surface area contributed by atoms with Crippen LogP contribution in [-0.4, -0.2) is 5.78 Å². The highest BCUT2D eigenvalue weighted by Crippen LogP contribution is 2.49. The van der Waals surface area contributed by atoms with Crippen molar-refractivity contribution in [1.29, 1.82) is 0 Å². The molecule has 0 aromatic heterocycles. The number of carbonyl (C=O) groups excluding carboxylic acids is 1. The minimum absolute atomic E-state index is 0.0742. The maximum Gasteiger partial charge on any atom is 0.195 e. The van der Waals surface area contributed by atoms with Crippen molar-refractivity contribution in [3.8, 4) is 0 Å². The molecule has 0 heterocycles.